The SMILES string of the molecule is CCCCCCCCCCCCCCCCCCC(N)C(N)CCCCCCCCCCCCCCCCCC. The number of unbranched alkanes of at least 4 members (excludes halogenated alkanes) is 30. The third kappa shape index (κ3) is 32.4. The van der Waals surface area contributed by atoms with Crippen molar-refractivity contribution in [2.24, 2.45) is 11.5 Å². The van der Waals surface area contributed by atoms with Crippen LogP contribution in [0.15, 0.2) is 0 Å². The Morgan fingerprint density at radius 1 is 0.250 bits per heavy atom. The van der Waals surface area contributed by atoms with Crippen molar-refractivity contribution in [2.45, 2.75) is 244 Å². The predicted octanol–water partition coefficient (Wildman–Crippen LogP) is 12.9. The van der Waals surface area contributed by atoms with Gasteiger partial charge in [-0.25, -0.2) is 0 Å². The molecule has 2 nitrogen and oxygen atoms in total. The van der Waals surface area contributed by atoms with E-state index in [4.69, 9.17) is 11.5 Å². The molecule has 40 heavy (non-hydrogen) atoms. The van der Waals surface area contributed by atoms with Gasteiger partial charge in [0, 0.05) is 12.1 Å². The predicted molar refractivity (Wildman–Crippen MR) is 184 cm³/mol. The van der Waals surface area contributed by atoms with Gasteiger partial charge in [-0.1, -0.05) is 219 Å². The minimum atomic E-state index is 0.211. The van der Waals surface area contributed by atoms with Gasteiger partial charge < -0.3 is 11.5 Å². The molecule has 0 aliphatic rings. The molecule has 0 radical (unpaired) electrons. The topological polar surface area (TPSA) is 52.0 Å². The Balaban J connectivity index is 3.26. The molecule has 2 heteroatoms. The molecule has 0 aromatic rings. The first-order valence-corrected chi connectivity index (χ1v) is 19.2. The van der Waals surface area contributed by atoms with Crippen molar-refractivity contribution >= 4 is 0 Å². The lowest BCUT2D eigenvalue weighted by atomic mass is 9.96. The highest BCUT2D eigenvalue weighted by molar-refractivity contribution is 4.75. The van der Waals surface area contributed by atoms with E-state index in [9.17, 15) is 0 Å². The van der Waals surface area contributed by atoms with E-state index >= 15 is 0 Å². The summed E-state index contributed by atoms with van der Waals surface area (Å²) in [4.78, 5) is 0. The second-order valence-electron chi connectivity index (χ2n) is 13.5. The lowest BCUT2D eigenvalue weighted by Crippen LogP contribution is -2.41. The summed E-state index contributed by atoms with van der Waals surface area (Å²) in [5, 5.41) is 0. The molecule has 0 rings (SSSR count). The molecule has 0 aliphatic carbocycles. The molecule has 242 valence electrons. The van der Waals surface area contributed by atoms with Crippen LogP contribution in [0.5, 0.6) is 0 Å². The van der Waals surface area contributed by atoms with Gasteiger partial charge in [0.15, 0.2) is 0 Å². The van der Waals surface area contributed by atoms with Gasteiger partial charge in [0.1, 0.15) is 0 Å². The monoisotopic (exact) mass is 565 g/mol. The fraction of sp³-hybridized carbons (Fsp3) is 1.00. The second kappa shape index (κ2) is 35.1. The molecule has 2 atom stereocenters. The lowest BCUT2D eigenvalue weighted by molar-refractivity contribution is 0.428. The largest absolute Gasteiger partial charge is 0.326 e. The second-order valence-corrected chi connectivity index (χ2v) is 13.5. The van der Waals surface area contributed by atoms with E-state index in [2.05, 4.69) is 13.8 Å². The van der Waals surface area contributed by atoms with Crippen LogP contribution in [0.1, 0.15) is 232 Å². The summed E-state index contributed by atoms with van der Waals surface area (Å²) in [5.41, 5.74) is 12.8. The van der Waals surface area contributed by atoms with Crippen LogP contribution in [0.2, 0.25) is 0 Å². The molecular weight excluding hydrogens is 484 g/mol. The van der Waals surface area contributed by atoms with Crippen molar-refractivity contribution in [1.29, 1.82) is 0 Å². The summed E-state index contributed by atoms with van der Waals surface area (Å²) in [6.45, 7) is 4.60. The molecule has 0 saturated heterocycles. The Hall–Kier alpha value is -0.0800. The Morgan fingerprint density at radius 3 is 0.575 bits per heavy atom. The summed E-state index contributed by atoms with van der Waals surface area (Å²) in [6, 6.07) is 0.422. The van der Waals surface area contributed by atoms with E-state index in [-0.39, 0.29) is 12.1 Å². The summed E-state index contributed by atoms with van der Waals surface area (Å²) in [7, 11) is 0. The van der Waals surface area contributed by atoms with Crippen molar-refractivity contribution in [1.82, 2.24) is 0 Å². The maximum absolute atomic E-state index is 6.42. The number of hydrogen-bond donors (Lipinski definition) is 2. The summed E-state index contributed by atoms with van der Waals surface area (Å²) < 4.78 is 0. The molecule has 4 N–H and O–H groups in total. The normalized spacial score (nSPS) is 13.2. The summed E-state index contributed by atoms with van der Waals surface area (Å²) in [6.07, 6.45) is 47.8. The van der Waals surface area contributed by atoms with Crippen molar-refractivity contribution in [3.05, 3.63) is 0 Å². The van der Waals surface area contributed by atoms with Crippen LogP contribution in [-0.2, 0) is 0 Å². The lowest BCUT2D eigenvalue weighted by Gasteiger charge is -2.19. The highest BCUT2D eigenvalue weighted by atomic mass is 14.8. The molecule has 0 aliphatic heterocycles. The first-order chi connectivity index (χ1) is 19.7. The van der Waals surface area contributed by atoms with Gasteiger partial charge in [0.05, 0.1) is 0 Å². The summed E-state index contributed by atoms with van der Waals surface area (Å²) in [5.74, 6) is 0. The Kier molecular flexibility index (Phi) is 35.0. The van der Waals surface area contributed by atoms with Crippen LogP contribution in [0.25, 0.3) is 0 Å². The van der Waals surface area contributed by atoms with E-state index < -0.39 is 0 Å². The molecule has 0 heterocycles. The first-order valence-electron chi connectivity index (χ1n) is 19.2. The van der Waals surface area contributed by atoms with Crippen molar-refractivity contribution in [2.75, 3.05) is 0 Å². The van der Waals surface area contributed by atoms with Crippen molar-refractivity contribution < 1.29 is 0 Å². The van der Waals surface area contributed by atoms with Crippen LogP contribution < -0.4 is 11.5 Å². The quantitative estimate of drug-likeness (QED) is 0.0752. The van der Waals surface area contributed by atoms with E-state index in [0.717, 1.165) is 12.8 Å². The highest BCUT2D eigenvalue weighted by Crippen LogP contribution is 2.17. The average Bonchev–Trinajstić information content (AvgIpc) is 2.96. The van der Waals surface area contributed by atoms with Gasteiger partial charge in [0.2, 0.25) is 0 Å². The maximum atomic E-state index is 6.42. The van der Waals surface area contributed by atoms with E-state index in [1.807, 2.05) is 0 Å². The smallest absolute Gasteiger partial charge is 0.0192 e. The van der Waals surface area contributed by atoms with Crippen LogP contribution in [0.4, 0.5) is 0 Å². The van der Waals surface area contributed by atoms with Gasteiger partial charge in [-0.3, -0.25) is 0 Å². The zero-order valence-corrected chi connectivity index (χ0v) is 28.4. The minimum Gasteiger partial charge on any atom is -0.326 e. The highest BCUT2D eigenvalue weighted by Gasteiger charge is 2.12. The summed E-state index contributed by atoms with van der Waals surface area (Å²) >= 11 is 0. The molecule has 0 bridgehead atoms. The van der Waals surface area contributed by atoms with E-state index in [1.54, 1.807) is 0 Å². The standard InChI is InChI=1S/C38H80N2/c1-3-5-7-9-11-13-15-17-19-21-23-25-27-29-31-33-35-37(39)38(40)36-34-32-30-28-26-24-22-20-18-16-14-12-10-8-6-4-2/h37-38H,3-36,39-40H2,1-2H3. The number of hydrogen-bond acceptors (Lipinski definition) is 2. The van der Waals surface area contributed by atoms with Gasteiger partial charge >= 0.3 is 0 Å². The van der Waals surface area contributed by atoms with Crippen LogP contribution >= 0.6 is 0 Å². The first kappa shape index (κ1) is 39.9. The van der Waals surface area contributed by atoms with Crippen molar-refractivity contribution in [3.8, 4) is 0 Å². The fourth-order valence-electron chi connectivity index (χ4n) is 6.28. The van der Waals surface area contributed by atoms with Gasteiger partial charge in [-0.05, 0) is 12.8 Å². The molecule has 0 aromatic carbocycles. The van der Waals surface area contributed by atoms with Gasteiger partial charge in [-0.2, -0.15) is 0 Å². The zero-order chi connectivity index (χ0) is 29.2. The van der Waals surface area contributed by atoms with Crippen molar-refractivity contribution in [3.63, 3.8) is 0 Å². The van der Waals surface area contributed by atoms with Gasteiger partial charge in [0.25, 0.3) is 0 Å². The Bertz CT molecular complexity index is 397. The molecule has 0 fully saturated rings. The number of rotatable bonds is 35. The van der Waals surface area contributed by atoms with E-state index in [0.29, 0.717) is 0 Å². The molecule has 0 spiro atoms. The third-order valence-electron chi connectivity index (χ3n) is 9.33. The zero-order valence-electron chi connectivity index (χ0n) is 28.4. The third-order valence-corrected chi connectivity index (χ3v) is 9.33. The Morgan fingerprint density at radius 2 is 0.400 bits per heavy atom. The van der Waals surface area contributed by atoms with Crippen LogP contribution in [-0.4, -0.2) is 12.1 Å². The average molecular weight is 565 g/mol. The molecule has 0 aromatic heterocycles. The minimum absolute atomic E-state index is 0.211. The van der Waals surface area contributed by atoms with E-state index in [1.165, 1.54) is 205 Å². The molecule has 0 amide bonds. The Labute approximate surface area is 255 Å². The molecule has 0 saturated carbocycles. The van der Waals surface area contributed by atoms with Crippen LogP contribution in [0.3, 0.4) is 0 Å². The van der Waals surface area contributed by atoms with Crippen LogP contribution in [0, 0.1) is 0 Å². The number of nitrogens with two attached hydrogens (primary N) is 2. The van der Waals surface area contributed by atoms with Gasteiger partial charge in [-0.15, -0.1) is 0 Å². The molecule has 2 unspecified atom stereocenters. The molecular formula is C38H80N2. The maximum Gasteiger partial charge on any atom is 0.0192 e. The fourth-order valence-corrected chi connectivity index (χ4v) is 6.28.